The first kappa shape index (κ1) is 23.1. The van der Waals surface area contributed by atoms with E-state index in [2.05, 4.69) is 20.1 Å². The third-order valence-corrected chi connectivity index (χ3v) is 7.35. The van der Waals surface area contributed by atoms with Crippen LogP contribution in [0.1, 0.15) is 44.1 Å². The van der Waals surface area contributed by atoms with Crippen LogP contribution in [0.25, 0.3) is 22.3 Å². The van der Waals surface area contributed by atoms with E-state index in [-0.39, 0.29) is 28.9 Å². The first-order chi connectivity index (χ1) is 15.3. The molecule has 1 aliphatic rings. The molecule has 0 bridgehead atoms. The lowest BCUT2D eigenvalue weighted by Crippen LogP contribution is -2.63. The lowest BCUT2D eigenvalue weighted by atomic mass is 10.1. The van der Waals surface area contributed by atoms with Crippen molar-refractivity contribution >= 4 is 26.8 Å². The SMILES string of the molecule is CC(C)n1nc(-c2cccc(OC(C)(F)F)c2)c2ncc(C(=O)NC3(C)CS(=O)(=O)C3)cc21. The second-order valence-electron chi connectivity index (χ2n) is 8.96. The van der Waals surface area contributed by atoms with E-state index in [4.69, 9.17) is 0 Å². The fourth-order valence-corrected chi connectivity index (χ4v) is 5.99. The smallest absolute Gasteiger partial charge is 0.394 e. The summed E-state index contributed by atoms with van der Waals surface area (Å²) in [6.45, 7) is 6.18. The molecule has 1 amide bonds. The Balaban J connectivity index is 1.71. The van der Waals surface area contributed by atoms with Gasteiger partial charge in [-0.2, -0.15) is 13.9 Å². The Morgan fingerprint density at radius 1 is 1.27 bits per heavy atom. The third-order valence-electron chi connectivity index (χ3n) is 5.19. The number of nitrogens with zero attached hydrogens (tertiary/aromatic N) is 3. The number of hydrogen-bond acceptors (Lipinski definition) is 6. The summed E-state index contributed by atoms with van der Waals surface area (Å²) in [7, 11) is -3.11. The Kier molecular flexibility index (Phi) is 5.43. The summed E-state index contributed by atoms with van der Waals surface area (Å²) in [5, 5.41) is 7.39. The third kappa shape index (κ3) is 4.82. The summed E-state index contributed by atoms with van der Waals surface area (Å²) in [6.07, 6.45) is -1.93. The molecule has 11 heteroatoms. The van der Waals surface area contributed by atoms with Crippen LogP contribution in [-0.2, 0) is 9.84 Å². The Hall–Kier alpha value is -3.08. The molecule has 0 saturated carbocycles. The lowest BCUT2D eigenvalue weighted by Gasteiger charge is -2.38. The standard InChI is InChI=1S/C22H24F2N4O4S/c1-13(2)28-17-9-15(20(29)26-21(3)11-33(30,31)12-21)10-25-19(17)18(27-28)14-6-5-7-16(8-14)32-22(4,23)24/h5-10,13H,11-12H2,1-4H3,(H,26,29). The molecule has 3 aromatic rings. The molecule has 1 aliphatic heterocycles. The van der Waals surface area contributed by atoms with E-state index in [1.54, 1.807) is 29.8 Å². The van der Waals surface area contributed by atoms with Crippen molar-refractivity contribution in [2.24, 2.45) is 0 Å². The average molecular weight is 479 g/mol. The van der Waals surface area contributed by atoms with Gasteiger partial charge in [-0.1, -0.05) is 12.1 Å². The topological polar surface area (TPSA) is 103 Å². The summed E-state index contributed by atoms with van der Waals surface area (Å²) in [6, 6.07) is 7.77. The summed E-state index contributed by atoms with van der Waals surface area (Å²) in [5.74, 6) is -0.651. The van der Waals surface area contributed by atoms with E-state index in [9.17, 15) is 22.0 Å². The van der Waals surface area contributed by atoms with Crippen LogP contribution in [-0.4, -0.2) is 52.2 Å². The molecule has 176 valence electrons. The van der Waals surface area contributed by atoms with Crippen molar-refractivity contribution in [1.82, 2.24) is 20.1 Å². The zero-order valence-corrected chi connectivity index (χ0v) is 19.4. The van der Waals surface area contributed by atoms with Gasteiger partial charge in [0, 0.05) is 24.7 Å². The quantitative estimate of drug-likeness (QED) is 0.581. The van der Waals surface area contributed by atoms with Crippen molar-refractivity contribution in [3.05, 3.63) is 42.1 Å². The van der Waals surface area contributed by atoms with Gasteiger partial charge in [-0.15, -0.1) is 0 Å². The van der Waals surface area contributed by atoms with Gasteiger partial charge < -0.3 is 10.1 Å². The minimum absolute atomic E-state index is 0.00746. The Morgan fingerprint density at radius 2 is 1.97 bits per heavy atom. The number of amides is 1. The van der Waals surface area contributed by atoms with Crippen molar-refractivity contribution < 1.29 is 26.7 Å². The molecule has 1 aromatic carbocycles. The first-order valence-electron chi connectivity index (χ1n) is 10.3. The van der Waals surface area contributed by atoms with Gasteiger partial charge in [0.1, 0.15) is 17.0 Å². The minimum Gasteiger partial charge on any atom is -0.433 e. The number of alkyl halides is 2. The van der Waals surface area contributed by atoms with Gasteiger partial charge in [-0.25, -0.2) is 8.42 Å². The minimum atomic E-state index is -3.32. The van der Waals surface area contributed by atoms with Crippen LogP contribution >= 0.6 is 0 Å². The maximum Gasteiger partial charge on any atom is 0.394 e. The summed E-state index contributed by atoms with van der Waals surface area (Å²) < 4.78 is 56.0. The number of ether oxygens (including phenoxy) is 1. The highest BCUT2D eigenvalue weighted by Crippen LogP contribution is 2.32. The first-order valence-corrected chi connectivity index (χ1v) is 12.2. The number of fused-ring (bicyclic) bond motifs is 1. The number of nitrogens with one attached hydrogen (secondary N) is 1. The fourth-order valence-electron chi connectivity index (χ4n) is 3.99. The van der Waals surface area contributed by atoms with Crippen LogP contribution in [0.3, 0.4) is 0 Å². The molecule has 2 aromatic heterocycles. The largest absolute Gasteiger partial charge is 0.433 e. The summed E-state index contributed by atoms with van der Waals surface area (Å²) >= 11 is 0. The zero-order chi connectivity index (χ0) is 24.2. The highest BCUT2D eigenvalue weighted by atomic mass is 32.2. The Labute approximate surface area is 189 Å². The number of carbonyl (C=O) groups is 1. The summed E-state index contributed by atoms with van der Waals surface area (Å²) in [4.78, 5) is 17.2. The van der Waals surface area contributed by atoms with E-state index in [0.29, 0.717) is 29.2 Å². The van der Waals surface area contributed by atoms with Crippen molar-refractivity contribution in [2.45, 2.75) is 45.4 Å². The number of aromatic nitrogens is 3. The molecular formula is C22H24F2N4O4S. The number of carbonyl (C=O) groups excluding carboxylic acids is 1. The molecule has 3 heterocycles. The van der Waals surface area contributed by atoms with Gasteiger partial charge in [0.2, 0.25) is 0 Å². The second-order valence-corrected chi connectivity index (χ2v) is 11.0. The van der Waals surface area contributed by atoms with Crippen LogP contribution in [0.2, 0.25) is 0 Å². The maximum absolute atomic E-state index is 13.3. The average Bonchev–Trinajstić information content (AvgIpc) is 3.04. The van der Waals surface area contributed by atoms with E-state index < -0.39 is 27.4 Å². The number of hydrogen-bond donors (Lipinski definition) is 1. The second kappa shape index (κ2) is 7.75. The van der Waals surface area contributed by atoms with Crippen LogP contribution in [0.15, 0.2) is 36.5 Å². The van der Waals surface area contributed by atoms with Crippen molar-refractivity contribution in [3.63, 3.8) is 0 Å². The van der Waals surface area contributed by atoms with Gasteiger partial charge in [0.15, 0.2) is 9.84 Å². The fraction of sp³-hybridized carbons (Fsp3) is 0.409. The van der Waals surface area contributed by atoms with Crippen molar-refractivity contribution in [3.8, 4) is 17.0 Å². The van der Waals surface area contributed by atoms with E-state index >= 15 is 0 Å². The molecule has 1 N–H and O–H groups in total. The Bertz CT molecular complexity index is 1330. The monoisotopic (exact) mass is 478 g/mol. The van der Waals surface area contributed by atoms with Crippen LogP contribution in [0.4, 0.5) is 8.78 Å². The molecule has 1 fully saturated rings. The van der Waals surface area contributed by atoms with Gasteiger partial charge >= 0.3 is 6.11 Å². The van der Waals surface area contributed by atoms with Crippen molar-refractivity contribution in [1.29, 1.82) is 0 Å². The van der Waals surface area contributed by atoms with E-state index in [1.807, 2.05) is 13.8 Å². The molecule has 33 heavy (non-hydrogen) atoms. The van der Waals surface area contributed by atoms with E-state index in [0.717, 1.165) is 0 Å². The predicted octanol–water partition coefficient (Wildman–Crippen LogP) is 3.59. The van der Waals surface area contributed by atoms with E-state index in [1.165, 1.54) is 18.3 Å². The van der Waals surface area contributed by atoms with Gasteiger partial charge in [-0.3, -0.25) is 14.5 Å². The number of sulfone groups is 1. The summed E-state index contributed by atoms with van der Waals surface area (Å²) in [5.41, 5.74) is 1.55. The van der Waals surface area contributed by atoms with Crippen LogP contribution < -0.4 is 10.1 Å². The number of rotatable bonds is 6. The molecule has 0 atom stereocenters. The molecule has 8 nitrogen and oxygen atoms in total. The Morgan fingerprint density at radius 3 is 2.58 bits per heavy atom. The normalized spacial score (nSPS) is 17.1. The highest BCUT2D eigenvalue weighted by Gasteiger charge is 2.45. The van der Waals surface area contributed by atoms with Crippen LogP contribution in [0.5, 0.6) is 5.75 Å². The van der Waals surface area contributed by atoms with Crippen molar-refractivity contribution in [2.75, 3.05) is 11.5 Å². The molecule has 0 aliphatic carbocycles. The predicted molar refractivity (Wildman–Crippen MR) is 119 cm³/mol. The number of halogens is 2. The molecule has 1 saturated heterocycles. The number of benzene rings is 1. The van der Waals surface area contributed by atoms with Crippen LogP contribution in [0, 0.1) is 0 Å². The van der Waals surface area contributed by atoms with Gasteiger partial charge in [0.25, 0.3) is 5.91 Å². The maximum atomic E-state index is 13.3. The van der Waals surface area contributed by atoms with Gasteiger partial charge in [0.05, 0.1) is 28.1 Å². The zero-order valence-electron chi connectivity index (χ0n) is 18.6. The highest BCUT2D eigenvalue weighted by molar-refractivity contribution is 7.93. The molecule has 0 radical (unpaired) electrons. The molecule has 0 spiro atoms. The molecule has 4 rings (SSSR count). The molecule has 0 unspecified atom stereocenters. The van der Waals surface area contributed by atoms with Gasteiger partial charge in [-0.05, 0) is 39.0 Å². The molecular weight excluding hydrogens is 454 g/mol. The number of pyridine rings is 1. The lowest BCUT2D eigenvalue weighted by molar-refractivity contribution is -0.158.